The number of amides is 1. The molecular weight excluding hydrogens is 506 g/mol. The lowest BCUT2D eigenvalue weighted by atomic mass is 10.0. The SMILES string of the molecule is COc1cc(Cn2c(=O)c3cc(OC(CF)CF)ccc3n(C3CCN(C=O)CC3)c2=O)ccc1[N+](=O)[O-]. The molecule has 3 aromatic rings. The number of methoxy groups -OCH3 is 1. The van der Waals surface area contributed by atoms with Crippen molar-refractivity contribution in [3.8, 4) is 11.5 Å². The van der Waals surface area contributed by atoms with Crippen LogP contribution >= 0.6 is 0 Å². The van der Waals surface area contributed by atoms with Crippen LogP contribution in [-0.4, -0.2) is 65.0 Å². The third kappa shape index (κ3) is 5.22. The Kier molecular flexibility index (Phi) is 8.03. The lowest BCUT2D eigenvalue weighted by Crippen LogP contribution is -2.44. The van der Waals surface area contributed by atoms with Gasteiger partial charge in [0.1, 0.15) is 19.1 Å². The summed E-state index contributed by atoms with van der Waals surface area (Å²) >= 11 is 0. The monoisotopic (exact) mass is 532 g/mol. The van der Waals surface area contributed by atoms with E-state index in [0.29, 0.717) is 37.0 Å². The Bertz CT molecular complexity index is 1460. The molecule has 2 heterocycles. The molecule has 1 fully saturated rings. The van der Waals surface area contributed by atoms with Gasteiger partial charge in [0.05, 0.1) is 29.5 Å². The van der Waals surface area contributed by atoms with Crippen molar-refractivity contribution >= 4 is 23.0 Å². The predicted octanol–water partition coefficient (Wildman–Crippen LogP) is 2.61. The zero-order valence-corrected chi connectivity index (χ0v) is 20.5. The van der Waals surface area contributed by atoms with Gasteiger partial charge in [0, 0.05) is 25.2 Å². The van der Waals surface area contributed by atoms with Gasteiger partial charge in [-0.3, -0.25) is 28.8 Å². The van der Waals surface area contributed by atoms with Crippen molar-refractivity contribution in [1.82, 2.24) is 14.0 Å². The molecule has 0 unspecified atom stereocenters. The molecule has 0 N–H and O–H groups in total. The molecule has 1 amide bonds. The number of aromatic nitrogens is 2. The van der Waals surface area contributed by atoms with Crippen molar-refractivity contribution in [3.63, 3.8) is 0 Å². The largest absolute Gasteiger partial charge is 0.490 e. The second kappa shape index (κ2) is 11.4. The summed E-state index contributed by atoms with van der Waals surface area (Å²) in [5, 5.41) is 11.4. The van der Waals surface area contributed by atoms with Crippen LogP contribution in [-0.2, 0) is 11.3 Å². The maximum absolute atomic E-state index is 13.7. The number of fused-ring (bicyclic) bond motifs is 1. The number of alkyl halides is 2. The predicted molar refractivity (Wildman–Crippen MR) is 133 cm³/mol. The van der Waals surface area contributed by atoms with Gasteiger partial charge in [-0.05, 0) is 42.7 Å². The molecule has 1 aromatic heterocycles. The lowest BCUT2D eigenvalue weighted by Gasteiger charge is -2.31. The molecule has 0 aliphatic carbocycles. The molecule has 1 saturated heterocycles. The van der Waals surface area contributed by atoms with E-state index in [1.54, 1.807) is 4.90 Å². The van der Waals surface area contributed by atoms with E-state index >= 15 is 0 Å². The summed E-state index contributed by atoms with van der Waals surface area (Å²) in [6.45, 7) is -1.48. The van der Waals surface area contributed by atoms with E-state index in [-0.39, 0.29) is 35.2 Å². The minimum Gasteiger partial charge on any atom is -0.490 e. The molecule has 0 saturated carbocycles. The number of likely N-dealkylation sites (tertiary alicyclic amines) is 1. The van der Waals surface area contributed by atoms with Crippen LogP contribution in [0.15, 0.2) is 46.0 Å². The third-order valence-corrected chi connectivity index (χ3v) is 6.58. The summed E-state index contributed by atoms with van der Waals surface area (Å²) in [6, 6.07) is 8.02. The highest BCUT2D eigenvalue weighted by molar-refractivity contribution is 5.80. The van der Waals surface area contributed by atoms with Crippen LogP contribution in [0.2, 0.25) is 0 Å². The molecule has 0 atom stereocenters. The third-order valence-electron chi connectivity index (χ3n) is 6.58. The molecule has 11 nitrogen and oxygen atoms in total. The van der Waals surface area contributed by atoms with Crippen molar-refractivity contribution < 1.29 is 28.0 Å². The van der Waals surface area contributed by atoms with Gasteiger partial charge < -0.3 is 14.4 Å². The fraction of sp³-hybridized carbons (Fsp3) is 0.400. The van der Waals surface area contributed by atoms with Crippen molar-refractivity contribution in [1.29, 1.82) is 0 Å². The van der Waals surface area contributed by atoms with E-state index in [1.807, 2.05) is 0 Å². The normalized spacial score (nSPS) is 14.2. The second-order valence-electron chi connectivity index (χ2n) is 8.91. The molecule has 13 heteroatoms. The quantitative estimate of drug-likeness (QED) is 0.223. The maximum Gasteiger partial charge on any atom is 0.332 e. The maximum atomic E-state index is 13.7. The highest BCUT2D eigenvalue weighted by Gasteiger charge is 2.25. The van der Waals surface area contributed by atoms with Crippen LogP contribution in [0.5, 0.6) is 11.5 Å². The average Bonchev–Trinajstić information content (AvgIpc) is 2.94. The molecule has 4 rings (SSSR count). The topological polar surface area (TPSA) is 126 Å². The van der Waals surface area contributed by atoms with Crippen molar-refractivity contribution in [2.45, 2.75) is 31.5 Å². The van der Waals surface area contributed by atoms with Gasteiger partial charge in [-0.1, -0.05) is 6.07 Å². The number of carbonyl (C=O) groups excluding carboxylic acids is 1. The summed E-state index contributed by atoms with van der Waals surface area (Å²) in [6.07, 6.45) is 0.360. The zero-order chi connectivity index (χ0) is 27.4. The van der Waals surface area contributed by atoms with Crippen molar-refractivity contribution in [2.24, 2.45) is 0 Å². The summed E-state index contributed by atoms with van der Waals surface area (Å²) < 4.78 is 39.0. The van der Waals surface area contributed by atoms with E-state index in [9.17, 15) is 33.3 Å². The first-order chi connectivity index (χ1) is 18.3. The molecule has 38 heavy (non-hydrogen) atoms. The van der Waals surface area contributed by atoms with E-state index < -0.39 is 35.6 Å². The van der Waals surface area contributed by atoms with Gasteiger partial charge in [-0.25, -0.2) is 13.6 Å². The molecule has 2 aromatic carbocycles. The van der Waals surface area contributed by atoms with Crippen LogP contribution in [0.25, 0.3) is 10.9 Å². The van der Waals surface area contributed by atoms with Crippen LogP contribution in [0.1, 0.15) is 24.4 Å². The Balaban J connectivity index is 1.86. The van der Waals surface area contributed by atoms with Crippen LogP contribution in [0.4, 0.5) is 14.5 Å². The highest BCUT2D eigenvalue weighted by Crippen LogP contribution is 2.29. The zero-order valence-electron chi connectivity index (χ0n) is 20.5. The molecule has 0 radical (unpaired) electrons. The molecule has 0 spiro atoms. The minimum atomic E-state index is -1.33. The number of benzene rings is 2. The molecular formula is C25H26F2N4O7. The first kappa shape index (κ1) is 26.8. The minimum absolute atomic E-state index is 0.0259. The van der Waals surface area contributed by atoms with Crippen molar-refractivity contribution in [3.05, 3.63) is 72.9 Å². The van der Waals surface area contributed by atoms with Gasteiger partial charge in [0.25, 0.3) is 5.56 Å². The number of carbonyl (C=O) groups is 1. The number of ether oxygens (including phenoxy) is 2. The Labute approximate surface area is 214 Å². The van der Waals surface area contributed by atoms with E-state index in [2.05, 4.69) is 0 Å². The Morgan fingerprint density at radius 2 is 1.84 bits per heavy atom. The number of hydrogen-bond acceptors (Lipinski definition) is 7. The molecule has 1 aliphatic rings. The highest BCUT2D eigenvalue weighted by atomic mass is 19.1. The summed E-state index contributed by atoms with van der Waals surface area (Å²) in [5.74, 6) is 0.0431. The number of nitrogens with zero attached hydrogens (tertiary/aromatic N) is 4. The van der Waals surface area contributed by atoms with Crippen LogP contribution in [0, 0.1) is 10.1 Å². The van der Waals surface area contributed by atoms with Gasteiger partial charge in [-0.15, -0.1) is 0 Å². The van der Waals surface area contributed by atoms with Crippen LogP contribution in [0.3, 0.4) is 0 Å². The summed E-state index contributed by atoms with van der Waals surface area (Å²) in [4.78, 5) is 50.7. The average molecular weight is 533 g/mol. The fourth-order valence-corrected chi connectivity index (χ4v) is 4.63. The number of piperidine rings is 1. The molecule has 1 aliphatic heterocycles. The number of nitro benzene ring substituents is 1. The summed E-state index contributed by atoms with van der Waals surface area (Å²) in [7, 11) is 1.27. The van der Waals surface area contributed by atoms with Gasteiger partial charge in [-0.2, -0.15) is 0 Å². The number of halogens is 2. The molecule has 0 bridgehead atoms. The first-order valence-electron chi connectivity index (χ1n) is 11.9. The summed E-state index contributed by atoms with van der Waals surface area (Å²) in [5.41, 5.74) is -0.782. The van der Waals surface area contributed by atoms with E-state index in [4.69, 9.17) is 9.47 Å². The molecule has 202 valence electrons. The first-order valence-corrected chi connectivity index (χ1v) is 11.9. The second-order valence-corrected chi connectivity index (χ2v) is 8.91. The number of nitro groups is 1. The number of rotatable bonds is 10. The number of hydrogen-bond donors (Lipinski definition) is 0. The van der Waals surface area contributed by atoms with Gasteiger partial charge >= 0.3 is 11.4 Å². The standard InChI is InChI=1S/C25H26F2N4O7/c1-37-23-10-16(2-4-22(23)31(35)36)14-29-24(33)20-11-18(38-19(12-26)13-27)3-5-21(20)30(25(29)34)17-6-8-28(15-32)9-7-17/h2-5,10-11,15,17,19H,6-9,12-14H2,1H3. The Hall–Kier alpha value is -4.29. The van der Waals surface area contributed by atoms with E-state index in [0.717, 1.165) is 11.0 Å². The smallest absolute Gasteiger partial charge is 0.332 e. The van der Waals surface area contributed by atoms with Gasteiger partial charge in [0.15, 0.2) is 11.9 Å². The van der Waals surface area contributed by atoms with Crippen LogP contribution < -0.4 is 20.7 Å². The lowest BCUT2D eigenvalue weighted by molar-refractivity contribution is -0.385. The Morgan fingerprint density at radius 1 is 1.13 bits per heavy atom. The van der Waals surface area contributed by atoms with Gasteiger partial charge in [0.2, 0.25) is 6.41 Å². The Morgan fingerprint density at radius 3 is 2.45 bits per heavy atom. The van der Waals surface area contributed by atoms with Crippen molar-refractivity contribution in [2.75, 3.05) is 33.5 Å². The van der Waals surface area contributed by atoms with E-state index in [1.165, 1.54) is 48.1 Å². The fourth-order valence-electron chi connectivity index (χ4n) is 4.63.